The smallest absolute Gasteiger partial charge is 0.160 e. The van der Waals surface area contributed by atoms with Crippen LogP contribution in [0.3, 0.4) is 0 Å². The minimum Gasteiger partial charge on any atom is -0.305 e. The number of alkyl halides is 1. The predicted molar refractivity (Wildman–Crippen MR) is 79.9 cm³/mol. The largest absolute Gasteiger partial charge is 0.305 e. The number of fused-ring (bicyclic) bond motifs is 1. The number of aromatic nitrogens is 4. The first-order chi connectivity index (χ1) is 9.66. The lowest BCUT2D eigenvalue weighted by atomic mass is 10.2. The third-order valence-electron chi connectivity index (χ3n) is 3.31. The lowest BCUT2D eigenvalue weighted by Gasteiger charge is -2.11. The van der Waals surface area contributed by atoms with Gasteiger partial charge in [0.05, 0.1) is 17.6 Å². The Balaban J connectivity index is 2.14. The summed E-state index contributed by atoms with van der Waals surface area (Å²) in [5, 5.41) is -0.173. The van der Waals surface area contributed by atoms with Crippen LogP contribution in [0.4, 0.5) is 0 Å². The van der Waals surface area contributed by atoms with E-state index in [4.69, 9.17) is 11.6 Å². The highest BCUT2D eigenvalue weighted by Gasteiger charge is 2.16. The van der Waals surface area contributed by atoms with Crippen molar-refractivity contribution < 1.29 is 0 Å². The van der Waals surface area contributed by atoms with Crippen LogP contribution in [0, 0.1) is 6.92 Å². The van der Waals surface area contributed by atoms with Gasteiger partial charge in [0.25, 0.3) is 0 Å². The first-order valence-corrected chi connectivity index (χ1v) is 6.96. The fourth-order valence-corrected chi connectivity index (χ4v) is 2.44. The van der Waals surface area contributed by atoms with Crippen LogP contribution in [0.25, 0.3) is 11.2 Å². The van der Waals surface area contributed by atoms with Crippen molar-refractivity contribution in [3.63, 3.8) is 0 Å². The van der Waals surface area contributed by atoms with Gasteiger partial charge in [0.15, 0.2) is 5.65 Å². The highest BCUT2D eigenvalue weighted by Crippen LogP contribution is 2.24. The average Bonchev–Trinajstić information content (AvgIpc) is 2.81. The normalized spacial score (nSPS) is 12.8. The Kier molecular flexibility index (Phi) is 3.40. The van der Waals surface area contributed by atoms with Crippen molar-refractivity contribution in [3.8, 4) is 0 Å². The number of imidazole rings is 1. The standard InChI is InChI=1S/C15H15ClN4/c1-10-5-3-7-17-13(10)9-20-14(11(2)16)19-12-6-4-8-18-15(12)20/h3-8,11H,9H2,1-2H3. The summed E-state index contributed by atoms with van der Waals surface area (Å²) in [7, 11) is 0. The van der Waals surface area contributed by atoms with Gasteiger partial charge in [-0.2, -0.15) is 0 Å². The van der Waals surface area contributed by atoms with Crippen LogP contribution >= 0.6 is 11.6 Å². The molecule has 4 nitrogen and oxygen atoms in total. The van der Waals surface area contributed by atoms with Crippen LogP contribution < -0.4 is 0 Å². The zero-order valence-corrected chi connectivity index (χ0v) is 12.2. The monoisotopic (exact) mass is 286 g/mol. The second kappa shape index (κ2) is 5.21. The Hall–Kier alpha value is -1.94. The Labute approximate surface area is 122 Å². The summed E-state index contributed by atoms with van der Waals surface area (Å²) in [5.74, 6) is 0.824. The molecule has 0 bridgehead atoms. The van der Waals surface area contributed by atoms with Crippen molar-refractivity contribution >= 4 is 22.8 Å². The molecule has 0 N–H and O–H groups in total. The molecule has 0 spiro atoms. The Morgan fingerprint density at radius 2 is 1.95 bits per heavy atom. The summed E-state index contributed by atoms with van der Waals surface area (Å²) in [6.07, 6.45) is 3.58. The highest BCUT2D eigenvalue weighted by atomic mass is 35.5. The van der Waals surface area contributed by atoms with Crippen LogP contribution in [-0.4, -0.2) is 19.5 Å². The Morgan fingerprint density at radius 1 is 1.20 bits per heavy atom. The van der Waals surface area contributed by atoms with Gasteiger partial charge in [-0.3, -0.25) is 4.98 Å². The highest BCUT2D eigenvalue weighted by molar-refractivity contribution is 6.20. The van der Waals surface area contributed by atoms with Gasteiger partial charge in [0.1, 0.15) is 11.3 Å². The van der Waals surface area contributed by atoms with Crippen molar-refractivity contribution in [2.24, 2.45) is 0 Å². The molecule has 0 saturated heterocycles. The summed E-state index contributed by atoms with van der Waals surface area (Å²) < 4.78 is 2.04. The van der Waals surface area contributed by atoms with Gasteiger partial charge in [-0.05, 0) is 37.6 Å². The molecule has 3 heterocycles. The van der Waals surface area contributed by atoms with Gasteiger partial charge in [-0.15, -0.1) is 11.6 Å². The molecule has 3 aromatic rings. The number of hydrogen-bond donors (Lipinski definition) is 0. The van der Waals surface area contributed by atoms with Gasteiger partial charge in [-0.1, -0.05) is 6.07 Å². The van der Waals surface area contributed by atoms with Crippen molar-refractivity contribution in [3.05, 3.63) is 53.7 Å². The van der Waals surface area contributed by atoms with E-state index < -0.39 is 0 Å². The van der Waals surface area contributed by atoms with E-state index in [1.165, 1.54) is 0 Å². The maximum Gasteiger partial charge on any atom is 0.160 e. The average molecular weight is 287 g/mol. The van der Waals surface area contributed by atoms with E-state index in [1.807, 2.05) is 29.7 Å². The summed E-state index contributed by atoms with van der Waals surface area (Å²) in [6, 6.07) is 7.83. The van der Waals surface area contributed by atoms with Crippen molar-refractivity contribution in [1.82, 2.24) is 19.5 Å². The summed E-state index contributed by atoms with van der Waals surface area (Å²) in [6.45, 7) is 4.61. The molecule has 0 aliphatic heterocycles. The van der Waals surface area contributed by atoms with Gasteiger partial charge < -0.3 is 4.57 Å². The molecule has 5 heteroatoms. The first-order valence-electron chi connectivity index (χ1n) is 6.52. The SMILES string of the molecule is Cc1cccnc1Cn1c(C(C)Cl)nc2cccnc21. The van der Waals surface area contributed by atoms with Crippen molar-refractivity contribution in [1.29, 1.82) is 0 Å². The van der Waals surface area contributed by atoms with Crippen molar-refractivity contribution in [2.75, 3.05) is 0 Å². The van der Waals surface area contributed by atoms with Gasteiger partial charge in [-0.25, -0.2) is 9.97 Å². The van der Waals surface area contributed by atoms with E-state index in [9.17, 15) is 0 Å². The molecule has 3 rings (SSSR count). The zero-order chi connectivity index (χ0) is 14.1. The van der Waals surface area contributed by atoms with Crippen LogP contribution in [0.1, 0.15) is 29.4 Å². The van der Waals surface area contributed by atoms with E-state index in [0.29, 0.717) is 6.54 Å². The molecule has 0 saturated carbocycles. The molecule has 0 aliphatic rings. The second-order valence-electron chi connectivity index (χ2n) is 4.79. The molecule has 0 radical (unpaired) electrons. The second-order valence-corrected chi connectivity index (χ2v) is 5.44. The molecule has 0 fully saturated rings. The first kappa shape index (κ1) is 13.1. The molecule has 102 valence electrons. The number of pyridine rings is 2. The number of rotatable bonds is 3. The quantitative estimate of drug-likeness (QED) is 0.692. The molecule has 1 unspecified atom stereocenters. The van der Waals surface area contributed by atoms with E-state index in [2.05, 4.69) is 27.9 Å². The minimum atomic E-state index is -0.173. The van der Waals surface area contributed by atoms with E-state index >= 15 is 0 Å². The molecule has 20 heavy (non-hydrogen) atoms. The number of nitrogens with zero attached hydrogens (tertiary/aromatic N) is 4. The molecular weight excluding hydrogens is 272 g/mol. The maximum absolute atomic E-state index is 6.25. The predicted octanol–water partition coefficient (Wildman–Crippen LogP) is 3.48. The summed E-state index contributed by atoms with van der Waals surface area (Å²) in [5.41, 5.74) is 3.87. The van der Waals surface area contributed by atoms with E-state index in [0.717, 1.165) is 28.2 Å². The molecular formula is C15H15ClN4. The van der Waals surface area contributed by atoms with Crippen LogP contribution in [0.2, 0.25) is 0 Å². The van der Waals surface area contributed by atoms with Gasteiger partial charge in [0.2, 0.25) is 0 Å². The molecule has 3 aromatic heterocycles. The molecule has 0 aromatic carbocycles. The number of hydrogen-bond acceptors (Lipinski definition) is 3. The lowest BCUT2D eigenvalue weighted by molar-refractivity contribution is 0.717. The van der Waals surface area contributed by atoms with E-state index in [-0.39, 0.29) is 5.38 Å². The van der Waals surface area contributed by atoms with Crippen molar-refractivity contribution in [2.45, 2.75) is 25.8 Å². The van der Waals surface area contributed by atoms with E-state index in [1.54, 1.807) is 12.4 Å². The van der Waals surface area contributed by atoms with Crippen LogP contribution in [0.5, 0.6) is 0 Å². The van der Waals surface area contributed by atoms with Crippen LogP contribution in [-0.2, 0) is 6.54 Å². The van der Waals surface area contributed by atoms with Gasteiger partial charge >= 0.3 is 0 Å². The summed E-state index contributed by atoms with van der Waals surface area (Å²) in [4.78, 5) is 13.4. The number of aryl methyl sites for hydroxylation is 1. The van der Waals surface area contributed by atoms with Gasteiger partial charge in [0, 0.05) is 12.4 Å². The fourth-order valence-electron chi connectivity index (χ4n) is 2.27. The molecule has 1 atom stereocenters. The Morgan fingerprint density at radius 3 is 2.70 bits per heavy atom. The topological polar surface area (TPSA) is 43.6 Å². The third-order valence-corrected chi connectivity index (χ3v) is 3.51. The molecule has 0 aliphatic carbocycles. The lowest BCUT2D eigenvalue weighted by Crippen LogP contribution is -2.08. The zero-order valence-electron chi connectivity index (χ0n) is 11.4. The fraction of sp³-hybridized carbons (Fsp3) is 0.267. The maximum atomic E-state index is 6.25. The molecule has 0 amide bonds. The van der Waals surface area contributed by atoms with Crippen LogP contribution in [0.15, 0.2) is 36.7 Å². The third kappa shape index (κ3) is 2.27. The minimum absolute atomic E-state index is 0.173. The number of halogens is 1. The summed E-state index contributed by atoms with van der Waals surface area (Å²) >= 11 is 6.25. The Bertz CT molecular complexity index is 748.